The summed E-state index contributed by atoms with van der Waals surface area (Å²) in [4.78, 5) is 22.0. The average molecular weight is 321 g/mol. The minimum atomic E-state index is -0.680. The van der Waals surface area contributed by atoms with E-state index in [1.54, 1.807) is 0 Å². The van der Waals surface area contributed by atoms with Gasteiger partial charge in [-0.25, -0.2) is 0 Å². The van der Waals surface area contributed by atoms with E-state index in [4.69, 9.17) is 27.9 Å². The molecule has 20 heavy (non-hydrogen) atoms. The summed E-state index contributed by atoms with van der Waals surface area (Å²) < 4.78 is 5.13. The van der Waals surface area contributed by atoms with Gasteiger partial charge in [0.25, 0.3) is 11.6 Å². The predicted octanol–water partition coefficient (Wildman–Crippen LogP) is 3.06. The molecule has 0 bridgehead atoms. The third kappa shape index (κ3) is 4.63. The molecule has 0 aliphatic heterocycles. The van der Waals surface area contributed by atoms with Crippen molar-refractivity contribution in [1.82, 2.24) is 5.32 Å². The lowest BCUT2D eigenvalue weighted by atomic mass is 10.2. The Kier molecular flexibility index (Phi) is 6.70. The molecule has 1 rings (SSSR count). The third-order valence-electron chi connectivity index (χ3n) is 2.42. The standard InChI is InChI=1S/C12H14Cl2N2O4/c1-2-20-5-3-4-15-12(17)8-6-9(13)11(14)10(7-8)16(18)19/h6-7H,2-5H2,1H3,(H,15,17). The topological polar surface area (TPSA) is 81.5 Å². The maximum absolute atomic E-state index is 11.8. The Labute approximate surface area is 126 Å². The van der Waals surface area contributed by atoms with E-state index in [1.807, 2.05) is 6.92 Å². The van der Waals surface area contributed by atoms with Gasteiger partial charge in [0.15, 0.2) is 0 Å². The number of halogens is 2. The van der Waals surface area contributed by atoms with Crippen molar-refractivity contribution in [2.75, 3.05) is 19.8 Å². The van der Waals surface area contributed by atoms with Crippen LogP contribution in [-0.2, 0) is 4.74 Å². The molecule has 1 N–H and O–H groups in total. The minimum absolute atomic E-state index is 0.0275. The summed E-state index contributed by atoms with van der Waals surface area (Å²) in [7, 11) is 0. The van der Waals surface area contributed by atoms with E-state index in [0.717, 1.165) is 6.07 Å². The zero-order valence-electron chi connectivity index (χ0n) is 10.8. The highest BCUT2D eigenvalue weighted by molar-refractivity contribution is 6.43. The van der Waals surface area contributed by atoms with E-state index in [9.17, 15) is 14.9 Å². The molecule has 0 atom stereocenters. The first-order chi connectivity index (χ1) is 9.47. The van der Waals surface area contributed by atoms with Gasteiger partial charge in [-0.3, -0.25) is 14.9 Å². The summed E-state index contributed by atoms with van der Waals surface area (Å²) in [6.07, 6.45) is 0.656. The van der Waals surface area contributed by atoms with Gasteiger partial charge < -0.3 is 10.1 Å². The molecule has 0 fully saturated rings. The number of carbonyl (C=O) groups is 1. The second-order valence-electron chi connectivity index (χ2n) is 3.85. The molecule has 0 saturated heterocycles. The largest absolute Gasteiger partial charge is 0.382 e. The normalized spacial score (nSPS) is 10.3. The Morgan fingerprint density at radius 2 is 2.15 bits per heavy atom. The van der Waals surface area contributed by atoms with Crippen LogP contribution in [0.1, 0.15) is 23.7 Å². The summed E-state index contributed by atoms with van der Waals surface area (Å²) >= 11 is 11.5. The fourth-order valence-corrected chi connectivity index (χ4v) is 1.85. The van der Waals surface area contributed by atoms with Crippen molar-refractivity contribution in [3.05, 3.63) is 37.9 Å². The van der Waals surface area contributed by atoms with Gasteiger partial charge >= 0.3 is 0 Å². The molecule has 110 valence electrons. The van der Waals surface area contributed by atoms with Crippen molar-refractivity contribution in [3.63, 3.8) is 0 Å². The van der Waals surface area contributed by atoms with Gasteiger partial charge in [-0.05, 0) is 19.4 Å². The molecule has 1 amide bonds. The lowest BCUT2D eigenvalue weighted by molar-refractivity contribution is -0.384. The number of nitrogens with zero attached hydrogens (tertiary/aromatic N) is 1. The fourth-order valence-electron chi connectivity index (χ4n) is 1.46. The van der Waals surface area contributed by atoms with Crippen LogP contribution in [0.5, 0.6) is 0 Å². The lowest BCUT2D eigenvalue weighted by Gasteiger charge is -2.06. The van der Waals surface area contributed by atoms with Crippen molar-refractivity contribution in [1.29, 1.82) is 0 Å². The maximum Gasteiger partial charge on any atom is 0.290 e. The molecule has 1 aromatic rings. The average Bonchev–Trinajstić information content (AvgIpc) is 2.40. The van der Waals surface area contributed by atoms with Crippen molar-refractivity contribution < 1.29 is 14.5 Å². The van der Waals surface area contributed by atoms with Gasteiger partial charge in [0.05, 0.1) is 9.95 Å². The number of hydrogen-bond acceptors (Lipinski definition) is 4. The van der Waals surface area contributed by atoms with E-state index < -0.39 is 16.5 Å². The van der Waals surface area contributed by atoms with E-state index >= 15 is 0 Å². The molecule has 0 saturated carbocycles. The quantitative estimate of drug-likeness (QED) is 0.475. The van der Waals surface area contributed by atoms with Gasteiger partial charge in [-0.15, -0.1) is 0 Å². The van der Waals surface area contributed by atoms with Crippen molar-refractivity contribution >= 4 is 34.8 Å². The van der Waals surface area contributed by atoms with Crippen LogP contribution in [0.3, 0.4) is 0 Å². The molecule has 0 aliphatic carbocycles. The van der Waals surface area contributed by atoms with Gasteiger partial charge in [-0.2, -0.15) is 0 Å². The van der Waals surface area contributed by atoms with E-state index in [-0.39, 0.29) is 15.6 Å². The summed E-state index contributed by atoms with van der Waals surface area (Å²) in [5.74, 6) is -0.442. The number of ether oxygens (including phenoxy) is 1. The Morgan fingerprint density at radius 3 is 2.75 bits per heavy atom. The Balaban J connectivity index is 2.71. The minimum Gasteiger partial charge on any atom is -0.382 e. The first-order valence-electron chi connectivity index (χ1n) is 5.96. The second-order valence-corrected chi connectivity index (χ2v) is 4.64. The van der Waals surface area contributed by atoms with Crippen LogP contribution < -0.4 is 5.32 Å². The fraction of sp³-hybridized carbons (Fsp3) is 0.417. The molecule has 8 heteroatoms. The number of amides is 1. The molecular weight excluding hydrogens is 307 g/mol. The van der Waals surface area contributed by atoms with Crippen LogP contribution in [0.25, 0.3) is 0 Å². The van der Waals surface area contributed by atoms with Crippen molar-refractivity contribution in [2.45, 2.75) is 13.3 Å². The smallest absolute Gasteiger partial charge is 0.290 e. The number of rotatable bonds is 7. The van der Waals surface area contributed by atoms with Gasteiger partial charge in [-0.1, -0.05) is 23.2 Å². The van der Waals surface area contributed by atoms with E-state index in [2.05, 4.69) is 5.32 Å². The molecule has 0 unspecified atom stereocenters. The van der Waals surface area contributed by atoms with Crippen LogP contribution in [0.15, 0.2) is 12.1 Å². The van der Waals surface area contributed by atoms with Crippen molar-refractivity contribution in [3.8, 4) is 0 Å². The SMILES string of the molecule is CCOCCCNC(=O)c1cc(Cl)c(Cl)c([N+](=O)[O-])c1. The third-order valence-corrected chi connectivity index (χ3v) is 3.22. The Hall–Kier alpha value is -1.37. The lowest BCUT2D eigenvalue weighted by Crippen LogP contribution is -2.25. The van der Waals surface area contributed by atoms with Crippen LogP contribution in [0, 0.1) is 10.1 Å². The second kappa shape index (κ2) is 8.04. The number of benzene rings is 1. The zero-order valence-corrected chi connectivity index (χ0v) is 12.3. The molecule has 6 nitrogen and oxygen atoms in total. The summed E-state index contributed by atoms with van der Waals surface area (Å²) in [5, 5.41) is 13.2. The molecule has 0 aliphatic rings. The number of nitro benzene ring substituents is 1. The highest BCUT2D eigenvalue weighted by Crippen LogP contribution is 2.32. The number of carbonyl (C=O) groups excluding carboxylic acids is 1. The summed E-state index contributed by atoms with van der Waals surface area (Å²) in [6, 6.07) is 2.40. The molecule has 0 aromatic heterocycles. The number of nitrogens with one attached hydrogen (secondary N) is 1. The van der Waals surface area contributed by atoms with Gasteiger partial charge in [0.1, 0.15) is 5.02 Å². The van der Waals surface area contributed by atoms with E-state index in [1.165, 1.54) is 6.07 Å². The highest BCUT2D eigenvalue weighted by atomic mass is 35.5. The van der Waals surface area contributed by atoms with Crippen LogP contribution in [-0.4, -0.2) is 30.6 Å². The molecule has 0 heterocycles. The first kappa shape index (κ1) is 16.7. The predicted molar refractivity (Wildman–Crippen MR) is 76.6 cm³/mol. The van der Waals surface area contributed by atoms with E-state index in [0.29, 0.717) is 26.2 Å². The number of hydrogen-bond donors (Lipinski definition) is 1. The highest BCUT2D eigenvalue weighted by Gasteiger charge is 2.19. The zero-order chi connectivity index (χ0) is 15.1. The maximum atomic E-state index is 11.8. The summed E-state index contributed by atoms with van der Waals surface area (Å²) in [5.41, 5.74) is -0.291. The molecular formula is C12H14Cl2N2O4. The Bertz CT molecular complexity index is 508. The van der Waals surface area contributed by atoms with Gasteiger partial charge in [0, 0.05) is 31.4 Å². The number of nitro groups is 1. The van der Waals surface area contributed by atoms with Crippen LogP contribution >= 0.6 is 23.2 Å². The molecule has 0 radical (unpaired) electrons. The van der Waals surface area contributed by atoms with Crippen LogP contribution in [0.2, 0.25) is 10.0 Å². The van der Waals surface area contributed by atoms with Crippen LogP contribution in [0.4, 0.5) is 5.69 Å². The molecule has 0 spiro atoms. The Morgan fingerprint density at radius 1 is 1.45 bits per heavy atom. The first-order valence-corrected chi connectivity index (χ1v) is 6.72. The molecule has 1 aromatic carbocycles. The van der Waals surface area contributed by atoms with Gasteiger partial charge in [0.2, 0.25) is 0 Å². The summed E-state index contributed by atoms with van der Waals surface area (Å²) in [6.45, 7) is 3.45. The van der Waals surface area contributed by atoms with Crippen molar-refractivity contribution in [2.24, 2.45) is 0 Å². The monoisotopic (exact) mass is 320 g/mol.